The molecule has 0 saturated heterocycles. The lowest BCUT2D eigenvalue weighted by atomic mass is 10.0. The Balaban J connectivity index is 4.66. The van der Waals surface area contributed by atoms with E-state index < -0.39 is 66.2 Å². The minimum atomic E-state index is -4.87. The fourth-order valence-corrected chi connectivity index (χ4v) is 6.37. The Kier molecular flexibility index (Phi) is 34.7. The summed E-state index contributed by atoms with van der Waals surface area (Å²) >= 11 is 0. The number of rotatable bonds is 38. The summed E-state index contributed by atoms with van der Waals surface area (Å²) in [7, 11) is -9.70. The van der Waals surface area contributed by atoms with Gasteiger partial charge >= 0.3 is 27.6 Å². The lowest BCUT2D eigenvalue weighted by Crippen LogP contribution is -2.29. The van der Waals surface area contributed by atoms with E-state index in [1.165, 1.54) is 38.5 Å². The van der Waals surface area contributed by atoms with Gasteiger partial charge in [-0.3, -0.25) is 23.2 Å². The standard InChI is InChI=1S/C41H74O14P2/c1-4-37(42)29-25-21-17-13-9-7-5-6-8-10-14-19-23-27-31-41(45)55-39(35-54-57(49,50)53-33-38(43)32-52-56(46,47)48)34-51-40(44)30-26-22-18-15-11-12-16-20-24-28-36(2)3/h6-9,14,17,19,21,36-39,42-43H,4-5,10-13,15-16,18,20,22-35H2,1-3H3,(H,49,50)(H2,46,47,48)/b8-6-,9-7-,19-14-,21-17-/t37-,38+,39-/m1/s1. The topological polar surface area (TPSA) is 216 Å². The summed E-state index contributed by atoms with van der Waals surface area (Å²) in [6.45, 7) is 3.67. The van der Waals surface area contributed by atoms with Crippen molar-refractivity contribution in [3.05, 3.63) is 48.6 Å². The van der Waals surface area contributed by atoms with Crippen LogP contribution in [0.1, 0.15) is 149 Å². The number of carbonyl (C=O) groups excluding carboxylic acids is 2. The zero-order valence-corrected chi connectivity index (χ0v) is 36.5. The Hall–Kier alpha value is -1.96. The molecule has 4 atom stereocenters. The van der Waals surface area contributed by atoms with E-state index in [1.54, 1.807) is 0 Å². The van der Waals surface area contributed by atoms with Gasteiger partial charge in [-0.05, 0) is 63.7 Å². The fraction of sp³-hybridized carbons (Fsp3) is 0.756. The van der Waals surface area contributed by atoms with Crippen molar-refractivity contribution in [3.8, 4) is 0 Å². The van der Waals surface area contributed by atoms with Gasteiger partial charge in [-0.25, -0.2) is 9.13 Å². The third-order valence-electron chi connectivity index (χ3n) is 8.55. The van der Waals surface area contributed by atoms with Gasteiger partial charge in [0.05, 0.1) is 25.9 Å². The number of carbonyl (C=O) groups is 2. The maximum Gasteiger partial charge on any atom is 0.472 e. The Labute approximate surface area is 342 Å². The maximum atomic E-state index is 12.6. The molecule has 0 amide bonds. The number of phosphoric ester groups is 2. The van der Waals surface area contributed by atoms with Gasteiger partial charge in [0, 0.05) is 12.8 Å². The first-order chi connectivity index (χ1) is 27.1. The van der Waals surface area contributed by atoms with Crippen molar-refractivity contribution in [2.45, 2.75) is 167 Å². The van der Waals surface area contributed by atoms with Crippen molar-refractivity contribution in [1.29, 1.82) is 0 Å². The van der Waals surface area contributed by atoms with Crippen molar-refractivity contribution in [1.82, 2.24) is 0 Å². The minimum absolute atomic E-state index is 0.0417. The van der Waals surface area contributed by atoms with E-state index >= 15 is 0 Å². The number of aliphatic hydroxyl groups is 2. The van der Waals surface area contributed by atoms with Gasteiger partial charge < -0.3 is 34.4 Å². The highest BCUT2D eigenvalue weighted by Gasteiger charge is 2.28. The van der Waals surface area contributed by atoms with E-state index in [0.717, 1.165) is 63.7 Å². The number of phosphoric acid groups is 2. The maximum absolute atomic E-state index is 12.6. The number of unbranched alkanes of at least 4 members (excludes halogenated alkanes) is 9. The van der Waals surface area contributed by atoms with Crippen LogP contribution in [-0.2, 0) is 41.8 Å². The molecule has 14 nitrogen and oxygen atoms in total. The molecule has 57 heavy (non-hydrogen) atoms. The quantitative estimate of drug-likeness (QED) is 0.0170. The predicted octanol–water partition coefficient (Wildman–Crippen LogP) is 9.11. The zero-order valence-electron chi connectivity index (χ0n) is 34.7. The van der Waals surface area contributed by atoms with Crippen LogP contribution < -0.4 is 0 Å². The molecule has 332 valence electrons. The first-order valence-corrected chi connectivity index (χ1v) is 23.8. The molecule has 16 heteroatoms. The van der Waals surface area contributed by atoms with Gasteiger partial charge in [-0.1, -0.05) is 127 Å². The second kappa shape index (κ2) is 35.9. The summed E-state index contributed by atoms with van der Waals surface area (Å²) < 4.78 is 47.6. The van der Waals surface area contributed by atoms with Crippen molar-refractivity contribution in [2.24, 2.45) is 5.92 Å². The smallest absolute Gasteiger partial charge is 0.462 e. The van der Waals surface area contributed by atoms with Crippen LogP contribution >= 0.6 is 15.6 Å². The molecule has 5 N–H and O–H groups in total. The Morgan fingerprint density at radius 2 is 1.05 bits per heavy atom. The number of hydrogen-bond donors (Lipinski definition) is 5. The molecule has 0 fully saturated rings. The molecule has 0 aromatic rings. The molecule has 0 saturated carbocycles. The first-order valence-electron chi connectivity index (χ1n) is 20.8. The number of aliphatic hydroxyl groups excluding tert-OH is 2. The average molecular weight is 853 g/mol. The van der Waals surface area contributed by atoms with Gasteiger partial charge in [-0.15, -0.1) is 0 Å². The molecule has 1 unspecified atom stereocenters. The predicted molar refractivity (Wildman–Crippen MR) is 222 cm³/mol. The van der Waals surface area contributed by atoms with Gasteiger partial charge in [0.25, 0.3) is 0 Å². The minimum Gasteiger partial charge on any atom is -0.462 e. The molecule has 0 aliphatic heterocycles. The van der Waals surface area contributed by atoms with Gasteiger partial charge in [-0.2, -0.15) is 0 Å². The first kappa shape index (κ1) is 55.0. The van der Waals surface area contributed by atoms with Gasteiger partial charge in [0.15, 0.2) is 6.10 Å². The van der Waals surface area contributed by atoms with Crippen LogP contribution in [0.3, 0.4) is 0 Å². The highest BCUT2D eigenvalue weighted by Crippen LogP contribution is 2.43. The van der Waals surface area contributed by atoms with Crippen LogP contribution in [-0.4, -0.2) is 81.6 Å². The second-order valence-electron chi connectivity index (χ2n) is 14.5. The SMILES string of the molecule is CC[C@@H](O)CC/C=C\C/C=C\C/C=C\C/C=C\CCCC(=O)O[C@H](COC(=O)CCCCCCCCCCCC(C)C)COP(=O)(O)OC[C@@H](O)COP(=O)(O)O. The third kappa shape index (κ3) is 40.6. The number of ether oxygens (including phenoxy) is 2. The van der Waals surface area contributed by atoms with Crippen molar-refractivity contribution in [2.75, 3.05) is 26.4 Å². The van der Waals surface area contributed by atoms with E-state index in [9.17, 15) is 33.8 Å². The zero-order chi connectivity index (χ0) is 42.6. The summed E-state index contributed by atoms with van der Waals surface area (Å²) in [6.07, 6.45) is 30.8. The molecule has 0 rings (SSSR count). The molecule has 0 aliphatic rings. The van der Waals surface area contributed by atoms with E-state index in [0.29, 0.717) is 19.3 Å². The Morgan fingerprint density at radius 1 is 0.561 bits per heavy atom. The van der Waals surface area contributed by atoms with Crippen LogP contribution in [0.25, 0.3) is 0 Å². The van der Waals surface area contributed by atoms with E-state index in [4.69, 9.17) is 23.8 Å². The molecule has 0 spiro atoms. The molecule has 0 radical (unpaired) electrons. The summed E-state index contributed by atoms with van der Waals surface area (Å²) in [5, 5.41) is 19.3. The number of hydrogen-bond acceptors (Lipinski definition) is 11. The Morgan fingerprint density at radius 3 is 1.61 bits per heavy atom. The fourth-order valence-electron chi connectivity index (χ4n) is 5.21. The molecule has 0 heterocycles. The van der Waals surface area contributed by atoms with E-state index in [1.807, 2.05) is 19.1 Å². The number of esters is 2. The van der Waals surface area contributed by atoms with Crippen molar-refractivity contribution < 1.29 is 66.7 Å². The summed E-state index contributed by atoms with van der Waals surface area (Å²) in [6, 6.07) is 0. The molecule has 0 aromatic carbocycles. The lowest BCUT2D eigenvalue weighted by Gasteiger charge is -2.20. The molecular formula is C41H74O14P2. The normalized spacial score (nSPS) is 15.2. The van der Waals surface area contributed by atoms with Crippen LogP contribution in [0, 0.1) is 5.92 Å². The summed E-state index contributed by atoms with van der Waals surface area (Å²) in [5.41, 5.74) is 0. The molecule has 0 bridgehead atoms. The summed E-state index contributed by atoms with van der Waals surface area (Å²) in [5.74, 6) is -0.365. The van der Waals surface area contributed by atoms with Crippen LogP contribution in [0.4, 0.5) is 0 Å². The molecular weight excluding hydrogens is 778 g/mol. The lowest BCUT2D eigenvalue weighted by molar-refractivity contribution is -0.161. The van der Waals surface area contributed by atoms with Crippen LogP contribution in [0.5, 0.6) is 0 Å². The van der Waals surface area contributed by atoms with Crippen molar-refractivity contribution in [3.63, 3.8) is 0 Å². The van der Waals surface area contributed by atoms with Crippen LogP contribution in [0.15, 0.2) is 48.6 Å². The summed E-state index contributed by atoms with van der Waals surface area (Å²) in [4.78, 5) is 52.5. The third-order valence-corrected chi connectivity index (χ3v) is 9.99. The highest BCUT2D eigenvalue weighted by molar-refractivity contribution is 7.47. The van der Waals surface area contributed by atoms with Gasteiger partial charge in [0.2, 0.25) is 0 Å². The van der Waals surface area contributed by atoms with E-state index in [-0.39, 0.29) is 18.9 Å². The highest BCUT2D eigenvalue weighted by atomic mass is 31.2. The van der Waals surface area contributed by atoms with Crippen molar-refractivity contribution >= 4 is 27.6 Å². The Bertz CT molecular complexity index is 1230. The van der Waals surface area contributed by atoms with E-state index in [2.05, 4.69) is 59.4 Å². The largest absolute Gasteiger partial charge is 0.472 e. The molecule has 0 aromatic heterocycles. The average Bonchev–Trinajstić information content (AvgIpc) is 3.15. The van der Waals surface area contributed by atoms with Gasteiger partial charge in [0.1, 0.15) is 12.7 Å². The molecule has 0 aliphatic carbocycles. The number of allylic oxidation sites excluding steroid dienone is 8. The second-order valence-corrected chi connectivity index (χ2v) is 17.2. The monoisotopic (exact) mass is 852 g/mol. The van der Waals surface area contributed by atoms with Crippen LogP contribution in [0.2, 0.25) is 0 Å².